The van der Waals surface area contributed by atoms with Crippen LogP contribution in [0.25, 0.3) is 121 Å². The lowest BCUT2D eigenvalue weighted by atomic mass is 9.81. The highest BCUT2D eigenvalue weighted by molar-refractivity contribution is 6.25. The van der Waals surface area contributed by atoms with Crippen LogP contribution in [0, 0.1) is 0 Å². The van der Waals surface area contributed by atoms with Gasteiger partial charge in [0, 0.05) is 130 Å². The molecule has 0 bridgehead atoms. The van der Waals surface area contributed by atoms with E-state index in [1.807, 2.05) is 49.1 Å². The maximum absolute atomic E-state index is 4.96. The van der Waals surface area contributed by atoms with E-state index in [-0.39, 0.29) is 0 Å². The minimum Gasteiger partial charge on any atom is -0.310 e. The summed E-state index contributed by atoms with van der Waals surface area (Å²) in [6, 6.07) is 142. The minimum absolute atomic E-state index is 0.554. The Morgan fingerprint density at radius 1 is 0.191 bits per heavy atom. The van der Waals surface area contributed by atoms with Crippen molar-refractivity contribution in [2.24, 2.45) is 0 Å². The van der Waals surface area contributed by atoms with Gasteiger partial charge in [-0.05, 0) is 249 Å². The van der Waals surface area contributed by atoms with E-state index in [0.29, 0.717) is 0 Å². The van der Waals surface area contributed by atoms with Crippen molar-refractivity contribution in [1.29, 1.82) is 0 Å². The van der Waals surface area contributed by atoms with Crippen LogP contribution in [0.5, 0.6) is 0 Å². The summed E-state index contributed by atoms with van der Waals surface area (Å²) in [5.74, 6) is 0. The Morgan fingerprint density at radius 3 is 0.870 bits per heavy atom. The van der Waals surface area contributed by atoms with Crippen LogP contribution in [0.15, 0.2) is 413 Å². The molecule has 21 rings (SSSR count). The molecule has 4 aromatic heterocycles. The van der Waals surface area contributed by atoms with Crippen LogP contribution >= 0.6 is 0 Å². The maximum atomic E-state index is 4.96. The molecule has 8 nitrogen and oxygen atoms in total. The van der Waals surface area contributed by atoms with Gasteiger partial charge in [0.05, 0.1) is 33.4 Å². The number of fused-ring (bicyclic) bond motifs is 9. The smallest absolute Gasteiger partial charge is 0.0703 e. The Labute approximate surface area is 667 Å². The van der Waals surface area contributed by atoms with Crippen molar-refractivity contribution in [1.82, 2.24) is 19.9 Å². The summed E-state index contributed by atoms with van der Waals surface area (Å²) in [6.07, 6.45) is 7.51. The van der Waals surface area contributed by atoms with E-state index in [1.165, 1.54) is 16.7 Å². The van der Waals surface area contributed by atoms with E-state index in [2.05, 4.69) is 397 Å². The molecule has 0 aliphatic heterocycles. The Hall–Kier alpha value is -15.1. The summed E-state index contributed by atoms with van der Waals surface area (Å²) in [7, 11) is 0. The molecular formula is C107H74N8. The lowest BCUT2D eigenvalue weighted by Gasteiger charge is -2.35. The fraction of sp³-hybridized carbons (Fsp3) is 0.0280. The molecule has 20 aromatic rings. The van der Waals surface area contributed by atoms with Gasteiger partial charge >= 0.3 is 0 Å². The predicted octanol–water partition coefficient (Wildman–Crippen LogP) is 29.0. The monoisotopic (exact) mass is 1470 g/mol. The van der Waals surface area contributed by atoms with Crippen molar-refractivity contribution < 1.29 is 0 Å². The van der Waals surface area contributed by atoms with Crippen molar-refractivity contribution in [3.63, 3.8) is 0 Å². The second kappa shape index (κ2) is 28.3. The minimum atomic E-state index is -0.554. The number of nitrogens with zero attached hydrogens (tertiary/aromatic N) is 8. The van der Waals surface area contributed by atoms with Crippen LogP contribution in [0.1, 0.15) is 25.0 Å². The van der Waals surface area contributed by atoms with Gasteiger partial charge in [-0.2, -0.15) is 0 Å². The zero-order chi connectivity index (χ0) is 76.5. The average Bonchev–Trinajstić information content (AvgIpc) is 1.53. The second-order valence-electron chi connectivity index (χ2n) is 30.3. The van der Waals surface area contributed by atoms with Crippen molar-refractivity contribution >= 4 is 133 Å². The largest absolute Gasteiger partial charge is 0.310 e. The van der Waals surface area contributed by atoms with E-state index >= 15 is 0 Å². The predicted molar refractivity (Wildman–Crippen MR) is 481 cm³/mol. The molecule has 0 saturated heterocycles. The zero-order valence-electron chi connectivity index (χ0n) is 63.3. The SMILES string of the molecule is CC1(C)c2cc(N(c3cccc(-c4ccccc4)c3)c3ccc4ncccc4c3)ccc2-c2cc3c(N(c4cccc(-c5ccccc5)c4)c4ccc5ncccc5c4)c4cc(N(c5cccc(-c6ccccc6)c5)c5ccc6ncccc6c5)ccc4c(N(c4cccc(-c5ccccc5)c4)c4ccc5ncccc5c4)c3cc21. The van der Waals surface area contributed by atoms with Gasteiger partial charge in [0.15, 0.2) is 0 Å². The topological polar surface area (TPSA) is 64.5 Å². The molecular weight excluding hydrogens is 1400 g/mol. The van der Waals surface area contributed by atoms with Gasteiger partial charge in [-0.25, -0.2) is 0 Å². The summed E-state index contributed by atoms with van der Waals surface area (Å²) in [5, 5.41) is 8.31. The van der Waals surface area contributed by atoms with Crippen LogP contribution in [-0.4, -0.2) is 19.9 Å². The van der Waals surface area contributed by atoms with Crippen LogP contribution in [0.2, 0.25) is 0 Å². The number of benzene rings is 16. The molecule has 0 fully saturated rings. The molecule has 0 N–H and O–H groups in total. The molecule has 4 heterocycles. The molecule has 0 saturated carbocycles. The molecule has 16 aromatic carbocycles. The Balaban J connectivity index is 0.900. The van der Waals surface area contributed by atoms with E-state index in [1.54, 1.807) is 0 Å². The molecule has 115 heavy (non-hydrogen) atoms. The fourth-order valence-electron chi connectivity index (χ4n) is 17.5. The highest BCUT2D eigenvalue weighted by Crippen LogP contribution is 2.59. The molecule has 0 unspecified atom stereocenters. The highest BCUT2D eigenvalue weighted by Gasteiger charge is 2.39. The average molecular weight is 1470 g/mol. The van der Waals surface area contributed by atoms with Crippen molar-refractivity contribution in [3.8, 4) is 55.6 Å². The Bertz CT molecular complexity index is 7170. The van der Waals surface area contributed by atoms with Gasteiger partial charge in [0.2, 0.25) is 0 Å². The Morgan fingerprint density at radius 2 is 0.478 bits per heavy atom. The standard InChI is InChI=1S/C107H74N8/c1-107(2)99-68-92(113(88-46-52-102-80(64-88)36-20-56-109-102)84-40-16-32-76(60-84)72-25-9-4-10-26-72)43-49-93(99)95-69-97-98(70-100(95)107)105(114(89-47-53-103-81(65-89)37-21-57-110-103)85-41-17-33-77(61-85)73-27-11-5-12-28-73)94-50-44-91(112(87-45-51-101-79(63-87)35-19-55-108-101)83-39-15-31-75(59-83)71-23-7-3-8-24-71)67-96(94)106(97)115(90-48-54-104-82(66-90)38-22-58-111-104)86-42-18-34-78(62-86)74-29-13-6-14-30-74/h3-70H,1-2H3. The third-order valence-electron chi connectivity index (χ3n) is 23.0. The molecule has 1 aliphatic carbocycles. The number of aromatic nitrogens is 4. The van der Waals surface area contributed by atoms with E-state index in [0.717, 1.165) is 183 Å². The molecule has 0 amide bonds. The normalized spacial score (nSPS) is 12.2. The van der Waals surface area contributed by atoms with E-state index in [4.69, 9.17) is 19.9 Å². The number of pyridine rings is 4. The van der Waals surface area contributed by atoms with Crippen molar-refractivity contribution in [2.75, 3.05) is 19.6 Å². The number of hydrogen-bond acceptors (Lipinski definition) is 8. The zero-order valence-corrected chi connectivity index (χ0v) is 63.3. The van der Waals surface area contributed by atoms with Gasteiger partial charge in [-0.1, -0.05) is 220 Å². The summed E-state index contributed by atoms with van der Waals surface area (Å²) >= 11 is 0. The van der Waals surface area contributed by atoms with Crippen LogP contribution in [0.4, 0.5) is 68.2 Å². The van der Waals surface area contributed by atoms with Gasteiger partial charge < -0.3 is 19.6 Å². The summed E-state index contributed by atoms with van der Waals surface area (Å²) in [6.45, 7) is 4.85. The first-order valence-electron chi connectivity index (χ1n) is 39.2. The first-order valence-corrected chi connectivity index (χ1v) is 39.2. The Kier molecular flexibility index (Phi) is 16.7. The van der Waals surface area contributed by atoms with Crippen LogP contribution in [0.3, 0.4) is 0 Å². The second-order valence-corrected chi connectivity index (χ2v) is 30.3. The van der Waals surface area contributed by atoms with Gasteiger partial charge in [-0.15, -0.1) is 0 Å². The molecule has 8 heteroatoms. The van der Waals surface area contributed by atoms with E-state index in [9.17, 15) is 0 Å². The fourth-order valence-corrected chi connectivity index (χ4v) is 17.5. The molecule has 0 spiro atoms. The van der Waals surface area contributed by atoms with E-state index < -0.39 is 5.41 Å². The maximum Gasteiger partial charge on any atom is 0.0703 e. The van der Waals surface area contributed by atoms with Gasteiger partial charge in [0.1, 0.15) is 0 Å². The lowest BCUT2D eigenvalue weighted by molar-refractivity contribution is 0.661. The molecule has 0 atom stereocenters. The highest BCUT2D eigenvalue weighted by atomic mass is 15.2. The lowest BCUT2D eigenvalue weighted by Crippen LogP contribution is -2.18. The third kappa shape index (κ3) is 12.3. The van der Waals surface area contributed by atoms with Crippen LogP contribution in [-0.2, 0) is 5.41 Å². The summed E-state index contributed by atoms with van der Waals surface area (Å²) < 4.78 is 0. The first-order chi connectivity index (χ1) is 56.7. The number of anilines is 12. The third-order valence-corrected chi connectivity index (χ3v) is 23.0. The van der Waals surface area contributed by atoms with Crippen molar-refractivity contribution in [2.45, 2.75) is 19.3 Å². The van der Waals surface area contributed by atoms with Crippen molar-refractivity contribution in [3.05, 3.63) is 424 Å². The van der Waals surface area contributed by atoms with Gasteiger partial charge in [-0.3, -0.25) is 19.9 Å². The molecule has 1 aliphatic rings. The first kappa shape index (κ1) is 68.0. The summed E-state index contributed by atoms with van der Waals surface area (Å²) in [5.41, 5.74) is 28.9. The quantitative estimate of drug-likeness (QED) is 0.0700. The van der Waals surface area contributed by atoms with Crippen LogP contribution < -0.4 is 19.6 Å². The number of hydrogen-bond donors (Lipinski definition) is 0. The molecule has 0 radical (unpaired) electrons. The van der Waals surface area contributed by atoms with Gasteiger partial charge in [0.25, 0.3) is 0 Å². The summed E-state index contributed by atoms with van der Waals surface area (Å²) in [4.78, 5) is 29.5. The number of rotatable bonds is 16. The molecule has 542 valence electrons.